The summed E-state index contributed by atoms with van der Waals surface area (Å²) in [6.07, 6.45) is -0.342. The second-order valence-corrected chi connectivity index (χ2v) is 8.70. The van der Waals surface area contributed by atoms with Crippen molar-refractivity contribution < 1.29 is 32.6 Å². The van der Waals surface area contributed by atoms with Gasteiger partial charge in [0.1, 0.15) is 18.8 Å². The molecule has 29 heavy (non-hydrogen) atoms. The van der Waals surface area contributed by atoms with Crippen LogP contribution < -0.4 is 0 Å². The zero-order valence-electron chi connectivity index (χ0n) is 15.7. The number of imide groups is 1. The van der Waals surface area contributed by atoms with E-state index in [4.69, 9.17) is 4.74 Å². The lowest BCUT2D eigenvalue weighted by atomic mass is 10.0. The molecule has 1 heterocycles. The van der Waals surface area contributed by atoms with Crippen molar-refractivity contribution in [3.05, 3.63) is 65.2 Å². The molecule has 1 aliphatic rings. The SMILES string of the molecule is CC(=O)OCC(C(O)c1ccc(S(C)(=O)=O)cc1)N1C(=O)c2ccccc2C1=O. The summed E-state index contributed by atoms with van der Waals surface area (Å²) < 4.78 is 28.2. The number of benzene rings is 2. The quantitative estimate of drug-likeness (QED) is 0.557. The van der Waals surface area contributed by atoms with Crippen molar-refractivity contribution in [3.63, 3.8) is 0 Å². The van der Waals surface area contributed by atoms with Crippen molar-refractivity contribution in [3.8, 4) is 0 Å². The van der Waals surface area contributed by atoms with Gasteiger partial charge in [-0.25, -0.2) is 8.42 Å². The second-order valence-electron chi connectivity index (χ2n) is 6.68. The summed E-state index contributed by atoms with van der Waals surface area (Å²) in [5.41, 5.74) is 0.668. The van der Waals surface area contributed by atoms with E-state index in [1.807, 2.05) is 0 Å². The lowest BCUT2D eigenvalue weighted by molar-refractivity contribution is -0.143. The molecule has 0 saturated carbocycles. The number of sulfone groups is 1. The van der Waals surface area contributed by atoms with Gasteiger partial charge in [-0.15, -0.1) is 0 Å². The molecule has 2 aromatic carbocycles. The van der Waals surface area contributed by atoms with E-state index in [1.54, 1.807) is 12.1 Å². The largest absolute Gasteiger partial charge is 0.464 e. The minimum absolute atomic E-state index is 0.0608. The van der Waals surface area contributed by atoms with Crippen LogP contribution in [0.25, 0.3) is 0 Å². The normalized spacial score (nSPS) is 15.8. The summed E-state index contributed by atoms with van der Waals surface area (Å²) >= 11 is 0. The molecule has 0 saturated heterocycles. The molecule has 2 atom stereocenters. The van der Waals surface area contributed by atoms with Crippen LogP contribution in [0, 0.1) is 0 Å². The highest BCUT2D eigenvalue weighted by Gasteiger charge is 2.43. The standard InChI is InChI=1S/C20H19NO7S/c1-12(22)28-11-17(18(23)13-7-9-14(10-8-13)29(2,26)27)21-19(24)15-5-3-4-6-16(15)20(21)25/h3-10,17-18,23H,11H2,1-2H3. The third-order valence-corrected chi connectivity index (χ3v) is 5.76. The van der Waals surface area contributed by atoms with Crippen LogP contribution in [0.1, 0.15) is 39.3 Å². The van der Waals surface area contributed by atoms with Crippen LogP contribution in [0.2, 0.25) is 0 Å². The Morgan fingerprint density at radius 3 is 2.00 bits per heavy atom. The van der Waals surface area contributed by atoms with E-state index in [1.165, 1.54) is 43.3 Å². The molecular formula is C20H19NO7S. The molecule has 0 aliphatic carbocycles. The van der Waals surface area contributed by atoms with Gasteiger partial charge < -0.3 is 9.84 Å². The molecule has 9 heteroatoms. The van der Waals surface area contributed by atoms with Crippen LogP contribution in [0.15, 0.2) is 53.4 Å². The Hall–Kier alpha value is -3.04. The van der Waals surface area contributed by atoms with E-state index in [-0.39, 0.29) is 21.6 Å². The number of aliphatic hydroxyl groups is 1. The predicted molar refractivity (Wildman–Crippen MR) is 102 cm³/mol. The average molecular weight is 417 g/mol. The fourth-order valence-corrected chi connectivity index (χ4v) is 3.78. The van der Waals surface area contributed by atoms with Gasteiger partial charge >= 0.3 is 5.97 Å². The maximum atomic E-state index is 12.8. The molecule has 3 rings (SSSR count). The van der Waals surface area contributed by atoms with Gasteiger partial charge in [0.2, 0.25) is 0 Å². The minimum Gasteiger partial charge on any atom is -0.464 e. The number of rotatable bonds is 6. The van der Waals surface area contributed by atoms with E-state index in [2.05, 4.69) is 0 Å². The highest BCUT2D eigenvalue weighted by Crippen LogP contribution is 2.30. The summed E-state index contributed by atoms with van der Waals surface area (Å²) in [6, 6.07) is 10.5. The summed E-state index contributed by atoms with van der Waals surface area (Å²) in [4.78, 5) is 37.8. The summed E-state index contributed by atoms with van der Waals surface area (Å²) in [7, 11) is -3.43. The van der Waals surface area contributed by atoms with Crippen LogP contribution in [-0.4, -0.2) is 55.1 Å². The van der Waals surface area contributed by atoms with Crippen molar-refractivity contribution in [1.29, 1.82) is 0 Å². The smallest absolute Gasteiger partial charge is 0.302 e. The second kappa shape index (κ2) is 7.76. The first-order valence-corrected chi connectivity index (χ1v) is 10.6. The highest BCUT2D eigenvalue weighted by atomic mass is 32.2. The van der Waals surface area contributed by atoms with Crippen LogP contribution in [-0.2, 0) is 19.4 Å². The molecule has 0 bridgehead atoms. The molecule has 1 N–H and O–H groups in total. The Balaban J connectivity index is 1.96. The van der Waals surface area contributed by atoms with Gasteiger partial charge in [-0.05, 0) is 29.8 Å². The summed E-state index contributed by atoms with van der Waals surface area (Å²) in [5, 5.41) is 10.9. The molecule has 1 aliphatic heterocycles. The molecule has 0 aromatic heterocycles. The van der Waals surface area contributed by atoms with E-state index >= 15 is 0 Å². The zero-order chi connectivity index (χ0) is 21.3. The fraction of sp³-hybridized carbons (Fsp3) is 0.250. The molecule has 0 spiro atoms. The third-order valence-electron chi connectivity index (χ3n) is 4.63. The molecule has 8 nitrogen and oxygen atoms in total. The number of amides is 2. The maximum absolute atomic E-state index is 12.8. The van der Waals surface area contributed by atoms with Gasteiger partial charge in [0.05, 0.1) is 16.0 Å². The first kappa shape index (κ1) is 20.7. The fourth-order valence-electron chi connectivity index (χ4n) is 3.15. The Morgan fingerprint density at radius 2 is 1.55 bits per heavy atom. The summed E-state index contributed by atoms with van der Waals surface area (Å²) in [5.74, 6) is -1.84. The van der Waals surface area contributed by atoms with Crippen LogP contribution >= 0.6 is 0 Å². The van der Waals surface area contributed by atoms with Gasteiger partial charge in [0, 0.05) is 13.2 Å². The van der Waals surface area contributed by atoms with Gasteiger partial charge in [-0.3, -0.25) is 19.3 Å². The lowest BCUT2D eigenvalue weighted by Gasteiger charge is -2.30. The maximum Gasteiger partial charge on any atom is 0.302 e. The monoisotopic (exact) mass is 417 g/mol. The molecule has 152 valence electrons. The number of esters is 1. The Labute approximate surface area is 167 Å². The Kier molecular flexibility index (Phi) is 5.54. The number of nitrogens with zero attached hydrogens (tertiary/aromatic N) is 1. The van der Waals surface area contributed by atoms with Crippen LogP contribution in [0.5, 0.6) is 0 Å². The van der Waals surface area contributed by atoms with Gasteiger partial charge in [-0.1, -0.05) is 24.3 Å². The number of ether oxygens (including phenoxy) is 1. The lowest BCUT2D eigenvalue weighted by Crippen LogP contribution is -2.46. The molecule has 2 aromatic rings. The zero-order valence-corrected chi connectivity index (χ0v) is 16.5. The van der Waals surface area contributed by atoms with E-state index < -0.39 is 46.4 Å². The Morgan fingerprint density at radius 1 is 1.03 bits per heavy atom. The van der Waals surface area contributed by atoms with Gasteiger partial charge in [0.25, 0.3) is 11.8 Å². The molecule has 0 radical (unpaired) electrons. The molecule has 0 fully saturated rings. The number of carbonyl (C=O) groups excluding carboxylic acids is 3. The van der Waals surface area contributed by atoms with E-state index in [9.17, 15) is 27.9 Å². The van der Waals surface area contributed by atoms with Crippen LogP contribution in [0.4, 0.5) is 0 Å². The van der Waals surface area contributed by atoms with Gasteiger partial charge in [-0.2, -0.15) is 0 Å². The number of hydrogen-bond acceptors (Lipinski definition) is 7. The highest BCUT2D eigenvalue weighted by molar-refractivity contribution is 7.90. The molecule has 2 unspecified atom stereocenters. The molecular weight excluding hydrogens is 398 g/mol. The average Bonchev–Trinajstić information content (AvgIpc) is 2.93. The molecule has 2 amide bonds. The topological polar surface area (TPSA) is 118 Å². The van der Waals surface area contributed by atoms with Crippen molar-refractivity contribution in [1.82, 2.24) is 4.90 Å². The van der Waals surface area contributed by atoms with Gasteiger partial charge in [0.15, 0.2) is 9.84 Å². The minimum atomic E-state index is -3.43. The first-order valence-electron chi connectivity index (χ1n) is 8.69. The van der Waals surface area contributed by atoms with Crippen molar-refractivity contribution in [2.45, 2.75) is 24.0 Å². The predicted octanol–water partition coefficient (Wildman–Crippen LogP) is 1.35. The van der Waals surface area contributed by atoms with Crippen LogP contribution in [0.3, 0.4) is 0 Å². The first-order chi connectivity index (χ1) is 13.6. The van der Waals surface area contributed by atoms with Crippen molar-refractivity contribution >= 4 is 27.6 Å². The van der Waals surface area contributed by atoms with Crippen molar-refractivity contribution in [2.75, 3.05) is 12.9 Å². The third kappa shape index (κ3) is 4.06. The number of carbonyl (C=O) groups is 3. The van der Waals surface area contributed by atoms with E-state index in [0.717, 1.165) is 11.2 Å². The number of hydrogen-bond donors (Lipinski definition) is 1. The number of aliphatic hydroxyl groups excluding tert-OH is 1. The number of fused-ring (bicyclic) bond motifs is 1. The Bertz CT molecular complexity index is 1040. The van der Waals surface area contributed by atoms with Crippen molar-refractivity contribution in [2.24, 2.45) is 0 Å². The summed E-state index contributed by atoms with van der Waals surface area (Å²) in [6.45, 7) is 0.766. The van der Waals surface area contributed by atoms with E-state index in [0.29, 0.717) is 0 Å².